The Morgan fingerprint density at radius 3 is 2.22 bits per heavy atom. The highest BCUT2D eigenvalue weighted by atomic mass is 35.5. The fraction of sp³-hybridized carbons (Fsp3) is 0.579. The summed E-state index contributed by atoms with van der Waals surface area (Å²) in [6.45, 7) is 8.06. The molecule has 1 aromatic carbocycles. The molecule has 0 heterocycles. The van der Waals surface area contributed by atoms with Gasteiger partial charge in [0.2, 0.25) is 11.8 Å². The molecule has 0 saturated carbocycles. The highest BCUT2D eigenvalue weighted by Gasteiger charge is 2.23. The van der Waals surface area contributed by atoms with Crippen molar-refractivity contribution in [2.75, 3.05) is 27.3 Å². The molecule has 27 heavy (non-hydrogen) atoms. The Balaban J connectivity index is 0.00000676. The van der Waals surface area contributed by atoms with Crippen LogP contribution in [0.1, 0.15) is 33.3 Å². The summed E-state index contributed by atoms with van der Waals surface area (Å²) in [5.74, 6) is 0.721. The molecule has 2 amide bonds. The lowest BCUT2D eigenvalue weighted by atomic mass is 9.84. The lowest BCUT2D eigenvalue weighted by Crippen LogP contribution is -2.48. The van der Waals surface area contributed by atoms with E-state index in [0.717, 1.165) is 5.56 Å². The van der Waals surface area contributed by atoms with E-state index in [1.54, 1.807) is 14.2 Å². The molecule has 154 valence electrons. The largest absolute Gasteiger partial charge is 0.493 e. The Bertz CT molecular complexity index is 635. The molecular formula is C19H32ClN3O4. The molecule has 1 rings (SSSR count). The van der Waals surface area contributed by atoms with Crippen LogP contribution in [0.5, 0.6) is 11.5 Å². The first-order chi connectivity index (χ1) is 12.1. The maximum absolute atomic E-state index is 12.0. The van der Waals surface area contributed by atoms with Crippen molar-refractivity contribution in [3.8, 4) is 11.5 Å². The SMILES string of the molecule is COc1ccc(C(C)(C)CNC(=O)CNC(=O)[C@@H](N)C(C)C)cc1OC.Cl. The van der Waals surface area contributed by atoms with Crippen molar-refractivity contribution in [1.29, 1.82) is 0 Å². The van der Waals surface area contributed by atoms with Crippen LogP contribution < -0.4 is 25.8 Å². The third kappa shape index (κ3) is 7.27. The molecule has 0 aliphatic rings. The minimum absolute atomic E-state index is 0. The number of ether oxygens (including phenoxy) is 2. The number of hydrogen-bond acceptors (Lipinski definition) is 5. The molecule has 0 aliphatic heterocycles. The number of rotatable bonds is 9. The molecule has 0 aliphatic carbocycles. The molecule has 0 unspecified atom stereocenters. The monoisotopic (exact) mass is 401 g/mol. The van der Waals surface area contributed by atoms with Crippen molar-refractivity contribution in [1.82, 2.24) is 10.6 Å². The van der Waals surface area contributed by atoms with Gasteiger partial charge in [-0.2, -0.15) is 0 Å². The number of carbonyl (C=O) groups is 2. The lowest BCUT2D eigenvalue weighted by molar-refractivity contribution is -0.127. The van der Waals surface area contributed by atoms with Crippen LogP contribution in [0.25, 0.3) is 0 Å². The Labute approximate surface area is 167 Å². The average Bonchev–Trinajstić information content (AvgIpc) is 2.62. The van der Waals surface area contributed by atoms with Gasteiger partial charge in [0.15, 0.2) is 11.5 Å². The minimum Gasteiger partial charge on any atom is -0.493 e. The second kappa shape index (κ2) is 11.0. The number of hydrogen-bond donors (Lipinski definition) is 3. The van der Waals surface area contributed by atoms with Gasteiger partial charge >= 0.3 is 0 Å². The van der Waals surface area contributed by atoms with Crippen molar-refractivity contribution < 1.29 is 19.1 Å². The van der Waals surface area contributed by atoms with Crippen molar-refractivity contribution in [3.05, 3.63) is 23.8 Å². The second-order valence-corrected chi connectivity index (χ2v) is 7.22. The van der Waals surface area contributed by atoms with Crippen LogP contribution in [-0.4, -0.2) is 45.2 Å². The van der Waals surface area contributed by atoms with Crippen molar-refractivity contribution >= 4 is 24.2 Å². The molecule has 0 saturated heterocycles. The van der Waals surface area contributed by atoms with E-state index in [-0.39, 0.29) is 42.1 Å². The number of nitrogens with one attached hydrogen (secondary N) is 2. The standard InChI is InChI=1S/C19H31N3O4.ClH/c1-12(2)17(20)18(24)21-10-16(23)22-11-19(3,4)13-7-8-14(25-5)15(9-13)26-6;/h7-9,12,17H,10-11,20H2,1-6H3,(H,21,24)(H,22,23);1H/t17-;/m0./s1. The van der Waals surface area contributed by atoms with Gasteiger partial charge < -0.3 is 25.8 Å². The number of amides is 2. The summed E-state index contributed by atoms with van der Waals surface area (Å²) in [6, 6.07) is 5.06. The van der Waals surface area contributed by atoms with Gasteiger partial charge in [-0.15, -0.1) is 12.4 Å². The van der Waals surface area contributed by atoms with Crippen LogP contribution >= 0.6 is 12.4 Å². The lowest BCUT2D eigenvalue weighted by Gasteiger charge is -2.26. The van der Waals surface area contributed by atoms with E-state index < -0.39 is 6.04 Å². The van der Waals surface area contributed by atoms with E-state index >= 15 is 0 Å². The highest BCUT2D eigenvalue weighted by Crippen LogP contribution is 2.32. The second-order valence-electron chi connectivity index (χ2n) is 7.22. The fourth-order valence-electron chi connectivity index (χ4n) is 2.33. The van der Waals surface area contributed by atoms with E-state index in [1.165, 1.54) is 0 Å². The summed E-state index contributed by atoms with van der Waals surface area (Å²) >= 11 is 0. The summed E-state index contributed by atoms with van der Waals surface area (Å²) in [5.41, 5.74) is 6.43. The summed E-state index contributed by atoms with van der Waals surface area (Å²) < 4.78 is 10.6. The summed E-state index contributed by atoms with van der Waals surface area (Å²) in [5, 5.41) is 5.40. The van der Waals surface area contributed by atoms with Crippen LogP contribution in [-0.2, 0) is 15.0 Å². The molecule has 0 spiro atoms. The predicted molar refractivity (Wildman–Crippen MR) is 109 cm³/mol. The van der Waals surface area contributed by atoms with Crippen LogP contribution in [0.15, 0.2) is 18.2 Å². The molecule has 0 radical (unpaired) electrons. The molecule has 1 aromatic rings. The van der Waals surface area contributed by atoms with Gasteiger partial charge in [-0.1, -0.05) is 33.8 Å². The molecule has 4 N–H and O–H groups in total. The summed E-state index contributed by atoms with van der Waals surface area (Å²) in [7, 11) is 3.17. The Kier molecular flexibility index (Phi) is 10.2. The van der Waals surface area contributed by atoms with E-state index in [0.29, 0.717) is 18.0 Å². The number of benzene rings is 1. The van der Waals surface area contributed by atoms with Gasteiger partial charge in [0.1, 0.15) is 0 Å². The molecule has 0 aromatic heterocycles. The van der Waals surface area contributed by atoms with Crippen LogP contribution in [0.3, 0.4) is 0 Å². The van der Waals surface area contributed by atoms with E-state index in [4.69, 9.17) is 15.2 Å². The summed E-state index contributed by atoms with van der Waals surface area (Å²) in [6.07, 6.45) is 0. The van der Waals surface area contributed by atoms with Gasteiger partial charge in [-0.25, -0.2) is 0 Å². The maximum Gasteiger partial charge on any atom is 0.239 e. The van der Waals surface area contributed by atoms with Crippen molar-refractivity contribution in [2.45, 2.75) is 39.2 Å². The Hall–Kier alpha value is -1.99. The molecule has 0 bridgehead atoms. The quantitative estimate of drug-likeness (QED) is 0.583. The third-order valence-electron chi connectivity index (χ3n) is 4.34. The number of halogens is 1. The van der Waals surface area contributed by atoms with Crippen LogP contribution in [0.2, 0.25) is 0 Å². The number of methoxy groups -OCH3 is 2. The van der Waals surface area contributed by atoms with Gasteiger partial charge in [0.25, 0.3) is 0 Å². The number of nitrogens with two attached hydrogens (primary N) is 1. The van der Waals surface area contributed by atoms with Crippen molar-refractivity contribution in [3.63, 3.8) is 0 Å². The topological polar surface area (TPSA) is 103 Å². The highest BCUT2D eigenvalue weighted by molar-refractivity contribution is 5.87. The minimum atomic E-state index is -0.619. The molecule has 8 heteroatoms. The zero-order chi connectivity index (χ0) is 19.9. The van der Waals surface area contributed by atoms with E-state index in [9.17, 15) is 9.59 Å². The Morgan fingerprint density at radius 2 is 1.70 bits per heavy atom. The molecular weight excluding hydrogens is 370 g/mol. The van der Waals surface area contributed by atoms with E-state index in [2.05, 4.69) is 10.6 Å². The van der Waals surface area contributed by atoms with Gasteiger partial charge in [-0.05, 0) is 23.6 Å². The Morgan fingerprint density at radius 1 is 1.11 bits per heavy atom. The number of carbonyl (C=O) groups excluding carboxylic acids is 2. The first-order valence-corrected chi connectivity index (χ1v) is 8.65. The maximum atomic E-state index is 12.0. The van der Waals surface area contributed by atoms with Crippen molar-refractivity contribution in [2.24, 2.45) is 11.7 Å². The first kappa shape index (κ1) is 25.0. The fourth-order valence-corrected chi connectivity index (χ4v) is 2.33. The zero-order valence-electron chi connectivity index (χ0n) is 16.9. The summed E-state index contributed by atoms with van der Waals surface area (Å²) in [4.78, 5) is 23.8. The average molecular weight is 402 g/mol. The van der Waals surface area contributed by atoms with E-state index in [1.807, 2.05) is 45.9 Å². The smallest absolute Gasteiger partial charge is 0.239 e. The molecule has 0 fully saturated rings. The third-order valence-corrected chi connectivity index (χ3v) is 4.34. The van der Waals surface area contributed by atoms with Gasteiger partial charge in [0, 0.05) is 12.0 Å². The van der Waals surface area contributed by atoms with Crippen LogP contribution in [0, 0.1) is 5.92 Å². The van der Waals surface area contributed by atoms with Gasteiger partial charge in [0.05, 0.1) is 26.8 Å². The molecule has 1 atom stereocenters. The first-order valence-electron chi connectivity index (χ1n) is 8.65. The van der Waals surface area contributed by atoms with Crippen LogP contribution in [0.4, 0.5) is 0 Å². The molecule has 7 nitrogen and oxygen atoms in total. The van der Waals surface area contributed by atoms with Gasteiger partial charge in [-0.3, -0.25) is 9.59 Å². The zero-order valence-corrected chi connectivity index (χ0v) is 17.7. The normalized spacial score (nSPS) is 12.0. The predicted octanol–water partition coefficient (Wildman–Crippen LogP) is 1.62.